The predicted molar refractivity (Wildman–Crippen MR) is 217 cm³/mol. The van der Waals surface area contributed by atoms with Crippen LogP contribution in [-0.2, 0) is 6.61 Å². The Bertz CT molecular complexity index is 2140. The van der Waals surface area contributed by atoms with Crippen LogP contribution < -0.4 is 19.7 Å². The van der Waals surface area contributed by atoms with Crippen LogP contribution in [0.4, 0.5) is 17.1 Å². The van der Waals surface area contributed by atoms with Gasteiger partial charge >= 0.3 is 0 Å². The molecule has 1 aliphatic heterocycles. The van der Waals surface area contributed by atoms with E-state index in [1.807, 2.05) is 145 Å². The monoisotopic (exact) mass is 715 g/mol. The Kier molecular flexibility index (Phi) is 11.3. The largest absolute Gasteiger partial charge is 0.490 e. The minimum absolute atomic E-state index is 0.0847. The van der Waals surface area contributed by atoms with E-state index >= 15 is 0 Å². The molecule has 0 aromatic heterocycles. The van der Waals surface area contributed by atoms with Gasteiger partial charge in [-0.05, 0) is 109 Å². The van der Waals surface area contributed by atoms with Crippen molar-refractivity contribution in [1.82, 2.24) is 4.90 Å². The summed E-state index contributed by atoms with van der Waals surface area (Å²) in [6, 6.07) is 49.5. The molecule has 7 rings (SSSR count). The van der Waals surface area contributed by atoms with Crippen molar-refractivity contribution in [2.24, 2.45) is 0 Å². The fourth-order valence-electron chi connectivity index (χ4n) is 6.71. The zero-order valence-electron chi connectivity index (χ0n) is 30.8. The Balaban J connectivity index is 0.868. The highest BCUT2D eigenvalue weighted by Crippen LogP contribution is 2.28. The molecular weight excluding hydrogens is 671 g/mol. The third-order valence-corrected chi connectivity index (χ3v) is 9.79. The fourth-order valence-corrected chi connectivity index (χ4v) is 6.71. The van der Waals surface area contributed by atoms with Gasteiger partial charge in [-0.25, -0.2) is 0 Å². The van der Waals surface area contributed by atoms with Gasteiger partial charge in [0.1, 0.15) is 24.2 Å². The molecule has 272 valence electrons. The first kappa shape index (κ1) is 36.0. The van der Waals surface area contributed by atoms with E-state index in [4.69, 9.17) is 9.47 Å². The highest BCUT2D eigenvalue weighted by Gasteiger charge is 2.24. The zero-order chi connectivity index (χ0) is 37.3. The van der Waals surface area contributed by atoms with E-state index in [9.17, 15) is 9.59 Å². The van der Waals surface area contributed by atoms with Gasteiger partial charge in [-0.3, -0.25) is 9.59 Å². The first-order chi connectivity index (χ1) is 26.4. The maximum Gasteiger partial charge on any atom is 0.255 e. The number of amides is 2. The summed E-state index contributed by atoms with van der Waals surface area (Å²) in [5.41, 5.74) is 8.44. The van der Waals surface area contributed by atoms with Crippen LogP contribution >= 0.6 is 0 Å². The lowest BCUT2D eigenvalue weighted by molar-refractivity contribution is 0.0595. The molecule has 0 atom stereocenters. The number of hydrogen-bond donors (Lipinski definition) is 1. The van der Waals surface area contributed by atoms with Crippen LogP contribution in [0.2, 0.25) is 0 Å². The van der Waals surface area contributed by atoms with Gasteiger partial charge in [0.2, 0.25) is 0 Å². The van der Waals surface area contributed by atoms with Gasteiger partial charge < -0.3 is 24.6 Å². The summed E-state index contributed by atoms with van der Waals surface area (Å²) in [5.74, 6) is 1.53. The molecule has 54 heavy (non-hydrogen) atoms. The van der Waals surface area contributed by atoms with E-state index in [0.717, 1.165) is 75.8 Å². The number of carbonyl (C=O) groups excluding carboxylic acids is 2. The van der Waals surface area contributed by atoms with Crippen molar-refractivity contribution in [3.8, 4) is 22.6 Å². The number of nitrogens with one attached hydrogen (secondary N) is 1. The molecule has 2 amide bonds. The summed E-state index contributed by atoms with van der Waals surface area (Å²) in [7, 11) is 0. The molecular formula is C47H45N3O4. The van der Waals surface area contributed by atoms with Crippen molar-refractivity contribution in [2.45, 2.75) is 39.4 Å². The Morgan fingerprint density at radius 1 is 0.685 bits per heavy atom. The van der Waals surface area contributed by atoms with Crippen LogP contribution in [0.5, 0.6) is 11.5 Å². The number of hydrogen-bond acceptors (Lipinski definition) is 5. The number of ether oxygens (including phenoxy) is 2. The summed E-state index contributed by atoms with van der Waals surface area (Å²) in [6.07, 6.45) is 1.70. The highest BCUT2D eigenvalue weighted by atomic mass is 16.5. The maximum absolute atomic E-state index is 13.1. The van der Waals surface area contributed by atoms with Gasteiger partial charge in [-0.15, -0.1) is 0 Å². The molecule has 1 aliphatic rings. The number of aryl methyl sites for hydroxylation is 1. The van der Waals surface area contributed by atoms with Gasteiger partial charge in [0.15, 0.2) is 0 Å². The predicted octanol–water partition coefficient (Wildman–Crippen LogP) is 10.3. The third kappa shape index (κ3) is 8.99. The molecule has 1 fully saturated rings. The lowest BCUT2D eigenvalue weighted by Gasteiger charge is -2.32. The lowest BCUT2D eigenvalue weighted by Crippen LogP contribution is -2.41. The second-order valence-electron chi connectivity index (χ2n) is 13.6. The average molecular weight is 716 g/mol. The molecule has 1 saturated heterocycles. The Morgan fingerprint density at radius 2 is 1.30 bits per heavy atom. The standard InChI is InChI=1S/C47H45N3O4/c1-3-50(41-9-5-4-6-10-41)42-11-7-8-40(32-42)48-46(51)38-20-18-36(19-21-38)37-22-26-43(27-23-37)53-33-35-14-24-44(25-15-35)54-45-28-30-49(31-29-45)47(52)39-16-12-34(2)13-17-39/h4-27,32,45H,3,28-31,33H2,1-2H3,(H,48,51). The topological polar surface area (TPSA) is 71.1 Å². The van der Waals surface area contributed by atoms with E-state index in [0.29, 0.717) is 25.3 Å². The molecule has 0 aliphatic carbocycles. The Morgan fingerprint density at radius 3 is 1.96 bits per heavy atom. The van der Waals surface area contributed by atoms with Crippen molar-refractivity contribution in [1.29, 1.82) is 0 Å². The van der Waals surface area contributed by atoms with Crippen LogP contribution in [-0.4, -0.2) is 42.5 Å². The average Bonchev–Trinajstić information content (AvgIpc) is 3.22. The number of piperidine rings is 1. The first-order valence-electron chi connectivity index (χ1n) is 18.6. The zero-order valence-corrected chi connectivity index (χ0v) is 30.8. The molecule has 6 aromatic carbocycles. The molecule has 0 radical (unpaired) electrons. The van der Waals surface area contributed by atoms with Crippen LogP contribution in [0.1, 0.15) is 51.6 Å². The van der Waals surface area contributed by atoms with Gasteiger partial charge in [-0.2, -0.15) is 0 Å². The summed E-state index contributed by atoms with van der Waals surface area (Å²) in [5, 5.41) is 3.05. The third-order valence-electron chi connectivity index (χ3n) is 9.79. The van der Waals surface area contributed by atoms with Crippen LogP contribution in [0, 0.1) is 6.92 Å². The van der Waals surface area contributed by atoms with E-state index < -0.39 is 0 Å². The van der Waals surface area contributed by atoms with E-state index in [1.54, 1.807) is 0 Å². The number of anilines is 3. The van der Waals surface area contributed by atoms with Crippen LogP contribution in [0.25, 0.3) is 11.1 Å². The number of carbonyl (C=O) groups is 2. The smallest absolute Gasteiger partial charge is 0.255 e. The molecule has 0 bridgehead atoms. The van der Waals surface area contributed by atoms with E-state index in [1.165, 1.54) is 0 Å². The van der Waals surface area contributed by atoms with Gasteiger partial charge in [0.25, 0.3) is 11.8 Å². The maximum atomic E-state index is 13.1. The second-order valence-corrected chi connectivity index (χ2v) is 13.6. The number of nitrogens with zero attached hydrogens (tertiary/aromatic N) is 2. The summed E-state index contributed by atoms with van der Waals surface area (Å²) >= 11 is 0. The number of benzene rings is 6. The van der Waals surface area contributed by atoms with E-state index in [-0.39, 0.29) is 17.9 Å². The lowest BCUT2D eigenvalue weighted by atomic mass is 10.0. The molecule has 1 heterocycles. The van der Waals surface area contributed by atoms with Crippen molar-refractivity contribution >= 4 is 28.9 Å². The molecule has 6 aromatic rings. The van der Waals surface area contributed by atoms with Crippen molar-refractivity contribution in [3.05, 3.63) is 174 Å². The normalized spacial score (nSPS) is 12.9. The van der Waals surface area contributed by atoms with E-state index in [2.05, 4.69) is 35.3 Å². The van der Waals surface area contributed by atoms with Crippen molar-refractivity contribution < 1.29 is 19.1 Å². The van der Waals surface area contributed by atoms with Gasteiger partial charge in [-0.1, -0.05) is 78.4 Å². The quantitative estimate of drug-likeness (QED) is 0.137. The highest BCUT2D eigenvalue weighted by molar-refractivity contribution is 6.04. The number of para-hydroxylation sites is 1. The van der Waals surface area contributed by atoms with Crippen LogP contribution in [0.15, 0.2) is 152 Å². The Labute approximate surface area is 317 Å². The molecule has 0 spiro atoms. The van der Waals surface area contributed by atoms with Crippen molar-refractivity contribution in [2.75, 3.05) is 29.9 Å². The molecule has 0 saturated carbocycles. The molecule has 7 heteroatoms. The van der Waals surface area contributed by atoms with Gasteiger partial charge in [0, 0.05) is 60.7 Å². The summed E-state index contributed by atoms with van der Waals surface area (Å²) in [6.45, 7) is 6.76. The number of likely N-dealkylation sites (tertiary alicyclic amines) is 1. The van der Waals surface area contributed by atoms with Crippen molar-refractivity contribution in [3.63, 3.8) is 0 Å². The fraction of sp³-hybridized carbons (Fsp3) is 0.191. The Hall–Kier alpha value is -6.34. The minimum Gasteiger partial charge on any atom is -0.490 e. The minimum atomic E-state index is -0.155. The summed E-state index contributed by atoms with van der Waals surface area (Å²) in [4.78, 5) is 30.1. The second kappa shape index (κ2) is 17.0. The number of rotatable bonds is 12. The van der Waals surface area contributed by atoms with Gasteiger partial charge in [0.05, 0.1) is 0 Å². The first-order valence-corrected chi connectivity index (χ1v) is 18.6. The molecule has 0 unspecified atom stereocenters. The summed E-state index contributed by atoms with van der Waals surface area (Å²) < 4.78 is 12.3. The van der Waals surface area contributed by atoms with Crippen LogP contribution in [0.3, 0.4) is 0 Å². The molecule has 7 nitrogen and oxygen atoms in total. The SMILES string of the molecule is CCN(c1ccccc1)c1cccc(NC(=O)c2ccc(-c3ccc(OCc4ccc(OC5CCN(C(=O)c6ccc(C)cc6)CC5)cc4)cc3)cc2)c1. The molecule has 1 N–H and O–H groups in total.